The normalized spacial score (nSPS) is 20.8. The molecule has 3 N–H and O–H groups in total. The molecule has 0 spiro atoms. The van der Waals surface area contributed by atoms with Crippen molar-refractivity contribution in [3.05, 3.63) is 39.0 Å². The lowest BCUT2D eigenvalue weighted by atomic mass is 10.1. The van der Waals surface area contributed by atoms with Gasteiger partial charge in [-0.25, -0.2) is 4.63 Å². The Hall–Kier alpha value is -3.08. The molecule has 1 fully saturated rings. The lowest BCUT2D eigenvalue weighted by Crippen LogP contribution is -2.59. The largest absolute Gasteiger partial charge is 0.409 e. The first-order valence-electron chi connectivity index (χ1n) is 8.11. The van der Waals surface area contributed by atoms with Crippen molar-refractivity contribution in [3.8, 4) is 0 Å². The van der Waals surface area contributed by atoms with Crippen LogP contribution in [0, 0.1) is 10.1 Å². The van der Waals surface area contributed by atoms with E-state index in [9.17, 15) is 15.3 Å². The van der Waals surface area contributed by atoms with E-state index >= 15 is 0 Å². The molecule has 2 atom stereocenters. The van der Waals surface area contributed by atoms with Crippen molar-refractivity contribution >= 4 is 34.6 Å². The average molecular weight is 396 g/mol. The number of rotatable bonds is 3. The predicted molar refractivity (Wildman–Crippen MR) is 98.1 cm³/mol. The number of hydrogen-bond acceptors (Lipinski definition) is 9. The Bertz CT molecular complexity index is 875. The van der Waals surface area contributed by atoms with Crippen LogP contribution in [0.2, 0.25) is 5.02 Å². The van der Waals surface area contributed by atoms with Gasteiger partial charge in [-0.15, -0.1) is 0 Å². The average Bonchev–Trinajstić information content (AvgIpc) is 3.03. The Morgan fingerprint density at radius 3 is 2.56 bits per heavy atom. The van der Waals surface area contributed by atoms with Crippen LogP contribution in [0.3, 0.4) is 0 Å². The van der Waals surface area contributed by atoms with Gasteiger partial charge in [0.25, 0.3) is 5.69 Å². The van der Waals surface area contributed by atoms with Gasteiger partial charge in [0.05, 0.1) is 15.6 Å². The molecule has 0 amide bonds. The second kappa shape index (κ2) is 7.27. The summed E-state index contributed by atoms with van der Waals surface area (Å²) >= 11 is 6.26. The van der Waals surface area contributed by atoms with E-state index in [1.165, 1.54) is 12.1 Å². The molecule has 2 heterocycles. The molecule has 11 nitrogen and oxygen atoms in total. The highest BCUT2D eigenvalue weighted by atomic mass is 35.5. The summed E-state index contributed by atoms with van der Waals surface area (Å²) in [5, 5.41) is 31.3. The van der Waals surface area contributed by atoms with Gasteiger partial charge in [0.2, 0.25) is 5.84 Å². The quantitative estimate of drug-likeness (QED) is 0.261. The highest BCUT2D eigenvalue weighted by Gasteiger charge is 2.35. The number of halogens is 1. The molecule has 12 heteroatoms. The Labute approximate surface area is 159 Å². The highest BCUT2D eigenvalue weighted by molar-refractivity contribution is 6.33. The Kier molecular flexibility index (Phi) is 5.04. The molecule has 0 unspecified atom stereocenters. The van der Waals surface area contributed by atoms with Crippen molar-refractivity contribution in [1.82, 2.24) is 15.2 Å². The number of nitrogens with two attached hydrogens (primary N) is 1. The van der Waals surface area contributed by atoms with Crippen LogP contribution in [0.25, 0.3) is 0 Å². The Morgan fingerprint density at radius 2 is 2.07 bits per heavy atom. The molecule has 1 saturated heterocycles. The summed E-state index contributed by atoms with van der Waals surface area (Å²) < 4.78 is 4.60. The molecule has 27 heavy (non-hydrogen) atoms. The maximum Gasteiger partial charge on any atom is 0.271 e. The van der Waals surface area contributed by atoms with Crippen molar-refractivity contribution in [1.29, 1.82) is 0 Å². The van der Waals surface area contributed by atoms with Crippen LogP contribution in [0.4, 0.5) is 17.2 Å². The molecular formula is C15H18ClN7O4. The van der Waals surface area contributed by atoms with Gasteiger partial charge < -0.3 is 20.7 Å². The number of amidine groups is 1. The number of piperazine rings is 1. The van der Waals surface area contributed by atoms with Crippen LogP contribution in [-0.4, -0.2) is 56.4 Å². The van der Waals surface area contributed by atoms with Crippen molar-refractivity contribution in [3.63, 3.8) is 0 Å². The van der Waals surface area contributed by atoms with E-state index in [0.717, 1.165) is 0 Å². The minimum atomic E-state index is -0.487. The van der Waals surface area contributed by atoms with Crippen LogP contribution in [0.5, 0.6) is 0 Å². The van der Waals surface area contributed by atoms with E-state index in [1.54, 1.807) is 6.07 Å². The molecule has 0 radical (unpaired) electrons. The summed E-state index contributed by atoms with van der Waals surface area (Å²) in [5.74, 6) is 0.200. The Balaban J connectivity index is 1.85. The van der Waals surface area contributed by atoms with E-state index in [1.807, 2.05) is 23.6 Å². The van der Waals surface area contributed by atoms with E-state index < -0.39 is 4.92 Å². The van der Waals surface area contributed by atoms with E-state index in [0.29, 0.717) is 23.8 Å². The third-order valence-corrected chi connectivity index (χ3v) is 4.77. The van der Waals surface area contributed by atoms with Gasteiger partial charge in [-0.3, -0.25) is 10.1 Å². The first kappa shape index (κ1) is 18.7. The molecule has 144 valence electrons. The van der Waals surface area contributed by atoms with E-state index in [4.69, 9.17) is 17.3 Å². The first-order chi connectivity index (χ1) is 12.8. The van der Waals surface area contributed by atoms with Crippen LogP contribution < -0.4 is 10.6 Å². The zero-order valence-corrected chi connectivity index (χ0v) is 15.4. The molecule has 1 aliphatic heterocycles. The van der Waals surface area contributed by atoms with Crippen LogP contribution in [-0.2, 0) is 0 Å². The second-order valence-corrected chi connectivity index (χ2v) is 6.73. The number of nitrogen functional groups attached to an aromatic ring is 1. The summed E-state index contributed by atoms with van der Waals surface area (Å²) in [7, 11) is 0. The van der Waals surface area contributed by atoms with Crippen molar-refractivity contribution < 1.29 is 14.8 Å². The minimum absolute atomic E-state index is 0.0306. The molecule has 3 rings (SSSR count). The van der Waals surface area contributed by atoms with Gasteiger partial charge in [-0.05, 0) is 30.2 Å². The number of anilines is 2. The predicted octanol–water partition coefficient (Wildman–Crippen LogP) is 1.95. The fourth-order valence-corrected chi connectivity index (χ4v) is 3.67. The SMILES string of the molecule is C[C@H]1CN(c2ccc([N+](=O)[O-])cc2Cl)C[C@H](C)N1/C(=N/O)c1nonc1N. The number of non-ortho nitro benzene ring substituents is 1. The molecule has 2 aromatic rings. The van der Waals surface area contributed by atoms with Gasteiger partial charge in [0.1, 0.15) is 0 Å². The summed E-state index contributed by atoms with van der Waals surface area (Å²) in [6.07, 6.45) is 0. The molecular weight excluding hydrogens is 378 g/mol. The molecule has 1 aromatic carbocycles. The molecule has 0 aliphatic carbocycles. The van der Waals surface area contributed by atoms with E-state index in [-0.39, 0.29) is 35.1 Å². The van der Waals surface area contributed by atoms with Gasteiger partial charge in [0.15, 0.2) is 11.5 Å². The van der Waals surface area contributed by atoms with Gasteiger partial charge in [-0.2, -0.15) is 0 Å². The second-order valence-electron chi connectivity index (χ2n) is 6.32. The third kappa shape index (κ3) is 3.45. The van der Waals surface area contributed by atoms with Crippen LogP contribution in [0.15, 0.2) is 28.0 Å². The van der Waals surface area contributed by atoms with Crippen molar-refractivity contribution in [2.75, 3.05) is 23.7 Å². The maximum absolute atomic E-state index is 10.9. The molecule has 0 saturated carbocycles. The fraction of sp³-hybridized carbons (Fsp3) is 0.400. The monoisotopic (exact) mass is 395 g/mol. The summed E-state index contributed by atoms with van der Waals surface area (Å²) in [6.45, 7) is 4.95. The number of oxime groups is 1. The van der Waals surface area contributed by atoms with Crippen LogP contribution in [0.1, 0.15) is 19.5 Å². The van der Waals surface area contributed by atoms with Crippen LogP contribution >= 0.6 is 11.6 Å². The molecule has 0 bridgehead atoms. The van der Waals surface area contributed by atoms with Crippen molar-refractivity contribution in [2.24, 2.45) is 5.16 Å². The number of hydrogen-bond donors (Lipinski definition) is 2. The summed E-state index contributed by atoms with van der Waals surface area (Å²) in [6, 6.07) is 4.17. The standard InChI is InChI=1S/C15H18ClN7O4/c1-8-6-21(12-4-3-10(23(25)26)5-11(12)16)7-9(2)22(8)15(18-24)13-14(17)20-27-19-13/h3-5,8-9,24H,6-7H2,1-2H3,(H2,17,20)/b18-15+/t8-,9-/m0/s1. The number of aromatic nitrogens is 2. The lowest BCUT2D eigenvalue weighted by Gasteiger charge is -2.46. The highest BCUT2D eigenvalue weighted by Crippen LogP contribution is 2.32. The third-order valence-electron chi connectivity index (χ3n) is 4.47. The van der Waals surface area contributed by atoms with Gasteiger partial charge in [-0.1, -0.05) is 16.8 Å². The first-order valence-corrected chi connectivity index (χ1v) is 8.49. The lowest BCUT2D eigenvalue weighted by molar-refractivity contribution is -0.384. The number of nitro benzene ring substituents is 1. The minimum Gasteiger partial charge on any atom is -0.409 e. The molecule has 1 aromatic heterocycles. The summed E-state index contributed by atoms with van der Waals surface area (Å²) in [5.41, 5.74) is 6.52. The number of benzene rings is 1. The Morgan fingerprint density at radius 1 is 1.41 bits per heavy atom. The smallest absolute Gasteiger partial charge is 0.271 e. The zero-order valence-electron chi connectivity index (χ0n) is 14.6. The van der Waals surface area contributed by atoms with Crippen molar-refractivity contribution in [2.45, 2.75) is 25.9 Å². The van der Waals surface area contributed by atoms with Gasteiger partial charge >= 0.3 is 0 Å². The van der Waals surface area contributed by atoms with E-state index in [2.05, 4.69) is 20.1 Å². The fourth-order valence-electron chi connectivity index (χ4n) is 3.37. The zero-order chi connectivity index (χ0) is 19.7. The maximum atomic E-state index is 10.9. The summed E-state index contributed by atoms with van der Waals surface area (Å²) in [4.78, 5) is 14.3. The number of nitrogens with zero attached hydrogens (tertiary/aromatic N) is 6. The van der Waals surface area contributed by atoms with Gasteiger partial charge in [0, 0.05) is 37.3 Å². The topological polar surface area (TPSA) is 147 Å². The molecule has 1 aliphatic rings. The number of nitro groups is 1.